The molecule has 0 saturated carbocycles. The van der Waals surface area contributed by atoms with Crippen molar-refractivity contribution in [2.45, 2.75) is 23.2 Å². The fourth-order valence-electron chi connectivity index (χ4n) is 3.39. The zero-order valence-corrected chi connectivity index (χ0v) is 19.1. The zero-order chi connectivity index (χ0) is 22.2. The topological polar surface area (TPSA) is 74.8 Å². The molecule has 160 valence electrons. The second-order valence-electron chi connectivity index (χ2n) is 6.84. The highest BCUT2D eigenvalue weighted by Gasteiger charge is 2.47. The van der Waals surface area contributed by atoms with Crippen LogP contribution in [0.25, 0.3) is 0 Å². The van der Waals surface area contributed by atoms with E-state index < -0.39 is 27.9 Å². The maximum Gasteiger partial charge on any atom is 0.253 e. The molecule has 6 nitrogen and oxygen atoms in total. The lowest BCUT2D eigenvalue weighted by molar-refractivity contribution is -0.122. The molecule has 4 rings (SSSR count). The first-order valence-corrected chi connectivity index (χ1v) is 12.3. The van der Waals surface area contributed by atoms with Gasteiger partial charge in [0.1, 0.15) is 10.3 Å². The maximum atomic E-state index is 13.4. The van der Waals surface area contributed by atoms with Crippen molar-refractivity contribution in [3.63, 3.8) is 0 Å². The largest absolute Gasteiger partial charge is 0.274 e. The summed E-state index contributed by atoms with van der Waals surface area (Å²) < 4.78 is 28.0. The third-order valence-electron chi connectivity index (χ3n) is 4.90. The fraction of sp³-hybridized carbons (Fsp3) is 0.143. The van der Waals surface area contributed by atoms with Gasteiger partial charge < -0.3 is 0 Å². The first-order chi connectivity index (χ1) is 14.8. The number of amides is 2. The number of sulfonamides is 1. The van der Waals surface area contributed by atoms with E-state index in [2.05, 4.69) is 0 Å². The van der Waals surface area contributed by atoms with E-state index in [0.717, 1.165) is 20.5 Å². The Morgan fingerprint density at radius 3 is 2.35 bits per heavy atom. The van der Waals surface area contributed by atoms with E-state index in [-0.39, 0.29) is 17.2 Å². The van der Waals surface area contributed by atoms with Crippen LogP contribution in [0.3, 0.4) is 0 Å². The lowest BCUT2D eigenvalue weighted by Crippen LogP contribution is -2.44. The molecule has 1 saturated heterocycles. The van der Waals surface area contributed by atoms with Crippen molar-refractivity contribution in [1.29, 1.82) is 0 Å². The number of carbonyl (C=O) groups excluding carboxylic acids is 2. The number of carbonyl (C=O) groups is 2. The van der Waals surface area contributed by atoms with Gasteiger partial charge in [0.25, 0.3) is 15.9 Å². The molecular weight excluding hydrogens is 479 g/mol. The fourth-order valence-corrected chi connectivity index (χ4v) is 6.39. The molecule has 0 spiro atoms. The molecule has 1 fully saturated rings. The number of benzene rings is 2. The van der Waals surface area contributed by atoms with Crippen LogP contribution in [0.2, 0.25) is 10.0 Å². The molecule has 31 heavy (non-hydrogen) atoms. The van der Waals surface area contributed by atoms with Gasteiger partial charge in [-0.05, 0) is 47.3 Å². The quantitative estimate of drug-likeness (QED) is 0.470. The van der Waals surface area contributed by atoms with Gasteiger partial charge in [0.2, 0.25) is 5.91 Å². The number of rotatable bonds is 6. The van der Waals surface area contributed by atoms with Gasteiger partial charge in [-0.15, -0.1) is 11.3 Å². The average Bonchev–Trinajstić information content (AvgIpc) is 3.37. The van der Waals surface area contributed by atoms with Crippen molar-refractivity contribution in [2.75, 3.05) is 4.90 Å². The molecule has 0 aliphatic carbocycles. The van der Waals surface area contributed by atoms with Crippen LogP contribution in [0, 0.1) is 0 Å². The number of imide groups is 1. The van der Waals surface area contributed by atoms with Gasteiger partial charge in [-0.3, -0.25) is 9.59 Å². The summed E-state index contributed by atoms with van der Waals surface area (Å²) in [5, 5.41) is 2.47. The van der Waals surface area contributed by atoms with Crippen LogP contribution >= 0.6 is 34.5 Å². The Kier molecular flexibility index (Phi) is 6.18. The molecule has 2 amide bonds. The standard InChI is InChI=1S/C21H16Cl2N2O4S2/c22-15-7-9-16(10-8-15)25-19(26)12-18(21(25)27)24(13-14-4-1-2-5-17(14)23)31(28,29)20-6-3-11-30-20/h1-11,18H,12-13H2. The summed E-state index contributed by atoms with van der Waals surface area (Å²) in [7, 11) is -4.05. The van der Waals surface area contributed by atoms with Crippen molar-refractivity contribution in [1.82, 2.24) is 4.31 Å². The third-order valence-corrected chi connectivity index (χ3v) is 8.75. The van der Waals surface area contributed by atoms with Crippen LogP contribution in [0.1, 0.15) is 12.0 Å². The minimum atomic E-state index is -4.05. The second kappa shape index (κ2) is 8.72. The van der Waals surface area contributed by atoms with E-state index in [1.54, 1.807) is 60.0 Å². The lowest BCUT2D eigenvalue weighted by Gasteiger charge is -2.26. The van der Waals surface area contributed by atoms with Gasteiger partial charge in [0, 0.05) is 16.6 Å². The Labute approximate surface area is 193 Å². The Hall–Kier alpha value is -2.23. The summed E-state index contributed by atoms with van der Waals surface area (Å²) in [6, 6.07) is 14.9. The highest BCUT2D eigenvalue weighted by Crippen LogP contribution is 2.33. The molecule has 1 aliphatic heterocycles. The molecule has 1 aromatic heterocycles. The predicted octanol–water partition coefficient (Wildman–Crippen LogP) is 4.58. The van der Waals surface area contributed by atoms with Crippen LogP contribution < -0.4 is 4.90 Å². The zero-order valence-electron chi connectivity index (χ0n) is 15.9. The van der Waals surface area contributed by atoms with Crippen LogP contribution in [-0.4, -0.2) is 30.6 Å². The van der Waals surface area contributed by atoms with Crippen LogP contribution in [-0.2, 0) is 26.2 Å². The molecule has 1 atom stereocenters. The highest BCUT2D eigenvalue weighted by atomic mass is 35.5. The Morgan fingerprint density at radius 2 is 1.71 bits per heavy atom. The summed E-state index contributed by atoms with van der Waals surface area (Å²) in [4.78, 5) is 27.0. The molecule has 3 aromatic rings. The smallest absolute Gasteiger partial charge is 0.253 e. The molecular formula is C21H16Cl2N2O4S2. The molecule has 10 heteroatoms. The molecule has 1 aliphatic rings. The summed E-state index contributed by atoms with van der Waals surface area (Å²) >= 11 is 13.2. The summed E-state index contributed by atoms with van der Waals surface area (Å²) in [6.45, 7) is -0.141. The van der Waals surface area contributed by atoms with Crippen molar-refractivity contribution >= 4 is 62.1 Å². The molecule has 0 bridgehead atoms. The van der Waals surface area contributed by atoms with E-state index in [9.17, 15) is 18.0 Å². The van der Waals surface area contributed by atoms with Gasteiger partial charge in [-0.25, -0.2) is 13.3 Å². The van der Waals surface area contributed by atoms with Crippen LogP contribution in [0.4, 0.5) is 5.69 Å². The van der Waals surface area contributed by atoms with E-state index in [0.29, 0.717) is 21.3 Å². The van der Waals surface area contributed by atoms with E-state index in [1.807, 2.05) is 0 Å². The van der Waals surface area contributed by atoms with E-state index in [1.165, 1.54) is 6.07 Å². The summed E-state index contributed by atoms with van der Waals surface area (Å²) in [5.74, 6) is -1.10. The van der Waals surface area contributed by atoms with Gasteiger partial charge >= 0.3 is 0 Å². The number of hydrogen-bond acceptors (Lipinski definition) is 5. The number of anilines is 1. The van der Waals surface area contributed by atoms with Gasteiger partial charge in [-0.1, -0.05) is 47.5 Å². The van der Waals surface area contributed by atoms with Crippen LogP contribution in [0.15, 0.2) is 70.3 Å². The Bertz CT molecular complexity index is 1230. The SMILES string of the molecule is O=C1CC(N(Cc2ccccc2Cl)S(=O)(=O)c2cccs2)C(=O)N1c1ccc(Cl)cc1. The molecule has 2 heterocycles. The van der Waals surface area contributed by atoms with Crippen molar-refractivity contribution < 1.29 is 18.0 Å². The van der Waals surface area contributed by atoms with Crippen LogP contribution in [0.5, 0.6) is 0 Å². The number of halogens is 2. The normalized spacial score (nSPS) is 17.0. The lowest BCUT2D eigenvalue weighted by atomic mass is 10.2. The second-order valence-corrected chi connectivity index (χ2v) is 10.7. The van der Waals surface area contributed by atoms with Crippen molar-refractivity contribution in [3.05, 3.63) is 81.7 Å². The van der Waals surface area contributed by atoms with E-state index in [4.69, 9.17) is 23.2 Å². The average molecular weight is 495 g/mol. The predicted molar refractivity (Wildman–Crippen MR) is 121 cm³/mol. The van der Waals surface area contributed by atoms with Gasteiger partial charge in [0.05, 0.1) is 12.1 Å². The van der Waals surface area contributed by atoms with E-state index >= 15 is 0 Å². The number of nitrogens with zero attached hydrogens (tertiary/aromatic N) is 2. The number of thiophene rings is 1. The Morgan fingerprint density at radius 1 is 1.00 bits per heavy atom. The summed E-state index contributed by atoms with van der Waals surface area (Å²) in [5.41, 5.74) is 0.877. The first kappa shape index (κ1) is 22.0. The Balaban J connectivity index is 1.75. The minimum Gasteiger partial charge on any atom is -0.274 e. The molecule has 0 N–H and O–H groups in total. The minimum absolute atomic E-state index is 0.0877. The third kappa shape index (κ3) is 4.26. The monoisotopic (exact) mass is 494 g/mol. The van der Waals surface area contributed by atoms with Gasteiger partial charge in [-0.2, -0.15) is 4.31 Å². The highest BCUT2D eigenvalue weighted by molar-refractivity contribution is 7.91. The number of hydrogen-bond donors (Lipinski definition) is 0. The van der Waals surface area contributed by atoms with Gasteiger partial charge in [0.15, 0.2) is 0 Å². The maximum absolute atomic E-state index is 13.4. The van der Waals surface area contributed by atoms with Crippen molar-refractivity contribution in [2.24, 2.45) is 0 Å². The summed E-state index contributed by atoms with van der Waals surface area (Å²) in [6.07, 6.45) is -0.267. The molecule has 1 unspecified atom stereocenters. The molecule has 2 aromatic carbocycles. The molecule has 0 radical (unpaired) electrons. The van der Waals surface area contributed by atoms with Crippen molar-refractivity contribution in [3.8, 4) is 0 Å². The first-order valence-electron chi connectivity index (χ1n) is 9.20.